The second kappa shape index (κ2) is 5.68. The van der Waals surface area contributed by atoms with E-state index in [-0.39, 0.29) is 5.97 Å². The molecule has 0 spiro atoms. The molecule has 1 N–H and O–H groups in total. The molecule has 0 fully saturated rings. The van der Waals surface area contributed by atoms with Gasteiger partial charge in [0.25, 0.3) is 0 Å². The molecular weight excluding hydrogens is 284 g/mol. The molecule has 4 heteroatoms. The molecule has 0 amide bonds. The molecule has 21 heavy (non-hydrogen) atoms. The summed E-state index contributed by atoms with van der Waals surface area (Å²) in [5, 5.41) is 11.4. The third-order valence-corrected chi connectivity index (χ3v) is 4.51. The number of fused-ring (bicyclic) bond motifs is 1. The van der Waals surface area contributed by atoms with E-state index in [4.69, 9.17) is 4.74 Å². The molecule has 106 valence electrons. The van der Waals surface area contributed by atoms with Crippen LogP contribution >= 0.6 is 11.3 Å². The zero-order valence-corrected chi connectivity index (χ0v) is 12.3. The quantitative estimate of drug-likeness (QED) is 0.749. The predicted octanol–water partition coefficient (Wildman–Crippen LogP) is 3.77. The molecule has 0 radical (unpaired) electrons. The van der Waals surface area contributed by atoms with Crippen molar-refractivity contribution >= 4 is 27.4 Å². The SMILES string of the molecule is COC(=O)c1ccc2sc(C(O)c3ccccc3)cc2c1. The smallest absolute Gasteiger partial charge is 0.337 e. The van der Waals surface area contributed by atoms with Crippen LogP contribution in [0.3, 0.4) is 0 Å². The Labute approximate surface area is 126 Å². The molecule has 1 unspecified atom stereocenters. The predicted molar refractivity (Wildman–Crippen MR) is 83.7 cm³/mol. The lowest BCUT2D eigenvalue weighted by Gasteiger charge is -2.07. The first-order chi connectivity index (χ1) is 10.2. The van der Waals surface area contributed by atoms with Gasteiger partial charge >= 0.3 is 5.97 Å². The number of methoxy groups -OCH3 is 1. The largest absolute Gasteiger partial charge is 0.465 e. The van der Waals surface area contributed by atoms with Gasteiger partial charge in [0.1, 0.15) is 6.10 Å². The Hall–Kier alpha value is -2.17. The first-order valence-corrected chi connectivity index (χ1v) is 7.35. The lowest BCUT2D eigenvalue weighted by molar-refractivity contribution is 0.0601. The highest BCUT2D eigenvalue weighted by molar-refractivity contribution is 7.19. The fourth-order valence-electron chi connectivity index (χ4n) is 2.24. The molecule has 0 bridgehead atoms. The van der Waals surface area contributed by atoms with Crippen LogP contribution in [0.5, 0.6) is 0 Å². The molecule has 1 aromatic heterocycles. The third kappa shape index (κ3) is 2.68. The van der Waals surface area contributed by atoms with Crippen molar-refractivity contribution in [1.82, 2.24) is 0 Å². The summed E-state index contributed by atoms with van der Waals surface area (Å²) in [4.78, 5) is 12.4. The number of hydrogen-bond acceptors (Lipinski definition) is 4. The molecule has 1 heterocycles. The summed E-state index contributed by atoms with van der Waals surface area (Å²) in [6, 6.07) is 16.9. The number of rotatable bonds is 3. The van der Waals surface area contributed by atoms with Gasteiger partial charge in [0, 0.05) is 9.58 Å². The number of hydrogen-bond donors (Lipinski definition) is 1. The lowest BCUT2D eigenvalue weighted by atomic mass is 10.1. The molecule has 3 nitrogen and oxygen atoms in total. The average molecular weight is 298 g/mol. The van der Waals surface area contributed by atoms with Crippen LogP contribution in [0, 0.1) is 0 Å². The zero-order valence-electron chi connectivity index (χ0n) is 11.4. The number of aliphatic hydroxyl groups is 1. The minimum Gasteiger partial charge on any atom is -0.465 e. The highest BCUT2D eigenvalue weighted by Gasteiger charge is 2.14. The number of carbonyl (C=O) groups is 1. The first kappa shape index (κ1) is 13.8. The van der Waals surface area contributed by atoms with Crippen molar-refractivity contribution in [1.29, 1.82) is 0 Å². The van der Waals surface area contributed by atoms with Crippen LogP contribution in [0.15, 0.2) is 54.6 Å². The molecule has 0 saturated heterocycles. The Bertz CT molecular complexity index is 777. The van der Waals surface area contributed by atoms with Crippen molar-refractivity contribution in [3.05, 3.63) is 70.6 Å². The van der Waals surface area contributed by atoms with E-state index in [1.165, 1.54) is 18.4 Å². The van der Waals surface area contributed by atoms with Crippen molar-refractivity contribution in [2.45, 2.75) is 6.10 Å². The maximum atomic E-state index is 11.6. The Morgan fingerprint density at radius 3 is 2.62 bits per heavy atom. The van der Waals surface area contributed by atoms with Crippen molar-refractivity contribution in [3.8, 4) is 0 Å². The fraction of sp³-hybridized carbons (Fsp3) is 0.118. The molecule has 3 rings (SSSR count). The molecule has 0 aliphatic heterocycles. The molecule has 1 atom stereocenters. The minimum absolute atomic E-state index is 0.353. The summed E-state index contributed by atoms with van der Waals surface area (Å²) in [6.45, 7) is 0. The minimum atomic E-state index is -0.648. The van der Waals surface area contributed by atoms with Crippen molar-refractivity contribution in [2.24, 2.45) is 0 Å². The first-order valence-electron chi connectivity index (χ1n) is 6.54. The van der Waals surface area contributed by atoms with E-state index in [0.717, 1.165) is 20.5 Å². The van der Waals surface area contributed by atoms with Crippen LogP contribution < -0.4 is 0 Å². The Kier molecular flexibility index (Phi) is 3.73. The normalized spacial score (nSPS) is 12.3. The van der Waals surface area contributed by atoms with E-state index in [1.807, 2.05) is 42.5 Å². The third-order valence-electron chi connectivity index (χ3n) is 3.34. The van der Waals surface area contributed by atoms with Crippen LogP contribution in [0.2, 0.25) is 0 Å². The van der Waals surface area contributed by atoms with Crippen LogP contribution in [0.25, 0.3) is 10.1 Å². The second-order valence-electron chi connectivity index (χ2n) is 4.71. The van der Waals surface area contributed by atoms with Gasteiger partial charge in [-0.05, 0) is 35.2 Å². The molecule has 0 aliphatic carbocycles. The average Bonchev–Trinajstić information content (AvgIpc) is 2.97. The summed E-state index contributed by atoms with van der Waals surface area (Å²) >= 11 is 1.53. The second-order valence-corrected chi connectivity index (χ2v) is 5.82. The summed E-state index contributed by atoms with van der Waals surface area (Å²) in [6.07, 6.45) is -0.648. The van der Waals surface area contributed by atoms with E-state index in [0.29, 0.717) is 5.56 Å². The number of thiophene rings is 1. The van der Waals surface area contributed by atoms with Crippen molar-refractivity contribution in [2.75, 3.05) is 7.11 Å². The van der Waals surface area contributed by atoms with Gasteiger partial charge in [0.15, 0.2) is 0 Å². The van der Waals surface area contributed by atoms with Crippen LogP contribution in [-0.2, 0) is 4.74 Å². The molecule has 2 aromatic carbocycles. The maximum absolute atomic E-state index is 11.6. The summed E-state index contributed by atoms with van der Waals surface area (Å²) in [5.41, 5.74) is 1.38. The maximum Gasteiger partial charge on any atom is 0.337 e. The fourth-order valence-corrected chi connectivity index (χ4v) is 3.30. The number of carbonyl (C=O) groups excluding carboxylic acids is 1. The number of esters is 1. The molecular formula is C17H14O3S. The number of ether oxygens (including phenoxy) is 1. The Morgan fingerprint density at radius 1 is 1.14 bits per heavy atom. The topological polar surface area (TPSA) is 46.5 Å². The van der Waals surface area contributed by atoms with Crippen molar-refractivity contribution in [3.63, 3.8) is 0 Å². The summed E-state index contributed by atoms with van der Waals surface area (Å²) < 4.78 is 5.76. The van der Waals surface area contributed by atoms with Crippen LogP contribution in [0.4, 0.5) is 0 Å². The monoisotopic (exact) mass is 298 g/mol. The zero-order chi connectivity index (χ0) is 14.8. The summed E-state index contributed by atoms with van der Waals surface area (Å²) in [7, 11) is 1.37. The Balaban J connectivity index is 1.99. The van der Waals surface area contributed by atoms with Crippen LogP contribution in [0.1, 0.15) is 26.9 Å². The number of benzene rings is 2. The van der Waals surface area contributed by atoms with Gasteiger partial charge < -0.3 is 9.84 Å². The highest BCUT2D eigenvalue weighted by atomic mass is 32.1. The van der Waals surface area contributed by atoms with Gasteiger partial charge in [-0.1, -0.05) is 30.3 Å². The van der Waals surface area contributed by atoms with E-state index >= 15 is 0 Å². The summed E-state index contributed by atoms with van der Waals surface area (Å²) in [5.74, 6) is -0.353. The van der Waals surface area contributed by atoms with Gasteiger partial charge in [-0.3, -0.25) is 0 Å². The number of aliphatic hydroxyl groups excluding tert-OH is 1. The van der Waals surface area contributed by atoms with Crippen molar-refractivity contribution < 1.29 is 14.6 Å². The van der Waals surface area contributed by atoms with Gasteiger partial charge in [0.05, 0.1) is 12.7 Å². The highest BCUT2D eigenvalue weighted by Crippen LogP contribution is 2.33. The van der Waals surface area contributed by atoms with E-state index in [1.54, 1.807) is 12.1 Å². The van der Waals surface area contributed by atoms with E-state index in [9.17, 15) is 9.90 Å². The Morgan fingerprint density at radius 2 is 1.90 bits per heavy atom. The lowest BCUT2D eigenvalue weighted by Crippen LogP contribution is -1.99. The molecule has 0 aliphatic rings. The van der Waals surface area contributed by atoms with E-state index in [2.05, 4.69) is 0 Å². The van der Waals surface area contributed by atoms with Gasteiger partial charge in [-0.25, -0.2) is 4.79 Å². The molecule has 0 saturated carbocycles. The molecule has 3 aromatic rings. The van der Waals surface area contributed by atoms with E-state index < -0.39 is 6.10 Å². The van der Waals surface area contributed by atoms with Gasteiger partial charge in [-0.15, -0.1) is 11.3 Å². The van der Waals surface area contributed by atoms with Crippen LogP contribution in [-0.4, -0.2) is 18.2 Å². The van der Waals surface area contributed by atoms with Gasteiger partial charge in [-0.2, -0.15) is 0 Å². The standard InChI is InChI=1S/C17H14O3S/c1-20-17(19)12-7-8-14-13(9-12)10-15(21-14)16(18)11-5-3-2-4-6-11/h2-10,16,18H,1H3. The van der Waals surface area contributed by atoms with Gasteiger partial charge in [0.2, 0.25) is 0 Å².